The lowest BCUT2D eigenvalue weighted by Crippen LogP contribution is -2.60. The minimum atomic E-state index is -2.84. The summed E-state index contributed by atoms with van der Waals surface area (Å²) >= 11 is 0. The van der Waals surface area contributed by atoms with Crippen molar-refractivity contribution in [3.05, 3.63) is 0 Å². The van der Waals surface area contributed by atoms with Crippen LogP contribution in [0.1, 0.15) is 33.6 Å². The standard InChI is InChI=1S/C11H23NO3S/c1-4-16(14,15)7-5-6-12-9-8-10(13)11(9,2)3/h9-10,12-13H,4-8H2,1-3H3. The van der Waals surface area contributed by atoms with Gasteiger partial charge in [0.25, 0.3) is 0 Å². The van der Waals surface area contributed by atoms with Gasteiger partial charge in [0.1, 0.15) is 9.84 Å². The van der Waals surface area contributed by atoms with Gasteiger partial charge in [-0.1, -0.05) is 20.8 Å². The van der Waals surface area contributed by atoms with E-state index in [2.05, 4.69) is 5.32 Å². The fraction of sp³-hybridized carbons (Fsp3) is 1.00. The Hall–Kier alpha value is -0.130. The molecule has 1 saturated carbocycles. The zero-order valence-corrected chi connectivity index (χ0v) is 11.2. The van der Waals surface area contributed by atoms with Crippen molar-refractivity contribution < 1.29 is 13.5 Å². The molecule has 0 aliphatic heterocycles. The van der Waals surface area contributed by atoms with E-state index in [9.17, 15) is 13.5 Å². The molecule has 96 valence electrons. The van der Waals surface area contributed by atoms with Crippen molar-refractivity contribution in [2.75, 3.05) is 18.1 Å². The zero-order chi connectivity index (χ0) is 12.4. The molecule has 0 radical (unpaired) electrons. The first-order chi connectivity index (χ1) is 7.29. The molecule has 1 rings (SSSR count). The number of nitrogens with one attached hydrogen (secondary N) is 1. The molecule has 0 heterocycles. The van der Waals surface area contributed by atoms with Gasteiger partial charge in [-0.3, -0.25) is 0 Å². The molecule has 2 N–H and O–H groups in total. The molecule has 1 aliphatic carbocycles. The van der Waals surface area contributed by atoms with E-state index >= 15 is 0 Å². The topological polar surface area (TPSA) is 66.4 Å². The Labute approximate surface area is 98.4 Å². The SMILES string of the molecule is CCS(=O)(=O)CCCNC1CC(O)C1(C)C. The van der Waals surface area contributed by atoms with Crippen LogP contribution in [-0.2, 0) is 9.84 Å². The molecule has 0 bridgehead atoms. The normalized spacial score (nSPS) is 28.8. The van der Waals surface area contributed by atoms with Gasteiger partial charge in [0.05, 0.1) is 11.9 Å². The summed E-state index contributed by atoms with van der Waals surface area (Å²) in [5.74, 6) is 0.479. The van der Waals surface area contributed by atoms with Gasteiger partial charge >= 0.3 is 0 Å². The molecule has 1 fully saturated rings. The molecule has 0 aromatic heterocycles. The summed E-state index contributed by atoms with van der Waals surface area (Å²) in [7, 11) is -2.84. The Morgan fingerprint density at radius 1 is 1.44 bits per heavy atom. The van der Waals surface area contributed by atoms with Gasteiger partial charge in [0.2, 0.25) is 0 Å². The first-order valence-electron chi connectivity index (χ1n) is 5.91. The zero-order valence-electron chi connectivity index (χ0n) is 10.4. The number of rotatable bonds is 6. The van der Waals surface area contributed by atoms with Crippen LogP contribution in [0, 0.1) is 5.41 Å². The average Bonchev–Trinajstić information content (AvgIpc) is 2.22. The van der Waals surface area contributed by atoms with Crippen molar-refractivity contribution in [3.8, 4) is 0 Å². The predicted octanol–water partition coefficient (Wildman–Crippen LogP) is 0.560. The quantitative estimate of drug-likeness (QED) is 0.675. The van der Waals surface area contributed by atoms with Gasteiger partial charge in [-0.25, -0.2) is 8.42 Å². The summed E-state index contributed by atoms with van der Waals surface area (Å²) in [6.45, 7) is 6.44. The van der Waals surface area contributed by atoms with Gasteiger partial charge in [0, 0.05) is 17.2 Å². The van der Waals surface area contributed by atoms with Gasteiger partial charge in [-0.15, -0.1) is 0 Å². The van der Waals surface area contributed by atoms with Gasteiger partial charge < -0.3 is 10.4 Å². The minimum absolute atomic E-state index is 0.0797. The molecule has 0 saturated heterocycles. The number of hydrogen-bond acceptors (Lipinski definition) is 4. The van der Waals surface area contributed by atoms with Crippen LogP contribution in [0.4, 0.5) is 0 Å². The van der Waals surface area contributed by atoms with Crippen LogP contribution in [0.5, 0.6) is 0 Å². The van der Waals surface area contributed by atoms with E-state index in [1.807, 2.05) is 13.8 Å². The van der Waals surface area contributed by atoms with E-state index in [1.165, 1.54) is 0 Å². The lowest BCUT2D eigenvalue weighted by Gasteiger charge is -2.49. The fourth-order valence-corrected chi connectivity index (χ4v) is 2.83. The molecule has 2 atom stereocenters. The molecule has 5 heteroatoms. The van der Waals surface area contributed by atoms with Crippen LogP contribution in [0.3, 0.4) is 0 Å². The Bertz CT molecular complexity index is 324. The summed E-state index contributed by atoms with van der Waals surface area (Å²) in [6.07, 6.45) is 1.19. The van der Waals surface area contributed by atoms with Crippen LogP contribution in [0.25, 0.3) is 0 Å². The largest absolute Gasteiger partial charge is 0.392 e. The summed E-state index contributed by atoms with van der Waals surface area (Å²) in [5.41, 5.74) is -0.0797. The number of aliphatic hydroxyl groups is 1. The van der Waals surface area contributed by atoms with Crippen molar-refractivity contribution in [1.82, 2.24) is 5.32 Å². The minimum Gasteiger partial charge on any atom is -0.392 e. The summed E-state index contributed by atoms with van der Waals surface area (Å²) in [5, 5.41) is 12.8. The molecule has 0 spiro atoms. The van der Waals surface area contributed by atoms with Crippen LogP contribution < -0.4 is 5.32 Å². The smallest absolute Gasteiger partial charge is 0.150 e. The Morgan fingerprint density at radius 3 is 2.50 bits per heavy atom. The van der Waals surface area contributed by atoms with Crippen LogP contribution in [0.15, 0.2) is 0 Å². The maximum absolute atomic E-state index is 11.2. The average molecular weight is 249 g/mol. The fourth-order valence-electron chi connectivity index (χ4n) is 1.96. The van der Waals surface area contributed by atoms with Gasteiger partial charge in [0.15, 0.2) is 0 Å². The van der Waals surface area contributed by atoms with Crippen molar-refractivity contribution >= 4 is 9.84 Å². The van der Waals surface area contributed by atoms with Gasteiger partial charge in [-0.05, 0) is 19.4 Å². The number of sulfone groups is 1. The first kappa shape index (κ1) is 13.9. The summed E-state index contributed by atoms with van der Waals surface area (Å²) in [4.78, 5) is 0. The lowest BCUT2D eigenvalue weighted by atomic mass is 9.64. The third kappa shape index (κ3) is 3.18. The Balaban J connectivity index is 2.19. The van der Waals surface area contributed by atoms with Crippen molar-refractivity contribution in [3.63, 3.8) is 0 Å². The van der Waals surface area contributed by atoms with E-state index in [0.717, 1.165) is 6.42 Å². The van der Waals surface area contributed by atoms with Crippen molar-refractivity contribution in [1.29, 1.82) is 0 Å². The monoisotopic (exact) mass is 249 g/mol. The Morgan fingerprint density at radius 2 is 2.06 bits per heavy atom. The number of hydrogen-bond donors (Lipinski definition) is 2. The highest BCUT2D eigenvalue weighted by Gasteiger charge is 2.46. The molecule has 0 aromatic carbocycles. The second-order valence-electron chi connectivity index (χ2n) is 5.17. The lowest BCUT2D eigenvalue weighted by molar-refractivity contribution is -0.0721. The second-order valence-corrected chi connectivity index (χ2v) is 7.64. The van der Waals surface area contributed by atoms with E-state index in [4.69, 9.17) is 0 Å². The molecule has 16 heavy (non-hydrogen) atoms. The first-order valence-corrected chi connectivity index (χ1v) is 7.73. The summed E-state index contributed by atoms with van der Waals surface area (Å²) < 4.78 is 22.5. The maximum Gasteiger partial charge on any atom is 0.150 e. The van der Waals surface area contributed by atoms with E-state index < -0.39 is 9.84 Å². The van der Waals surface area contributed by atoms with Crippen molar-refractivity contribution in [2.45, 2.75) is 45.8 Å². The maximum atomic E-state index is 11.2. The van der Waals surface area contributed by atoms with Crippen LogP contribution in [-0.4, -0.2) is 43.7 Å². The molecule has 2 unspecified atom stereocenters. The van der Waals surface area contributed by atoms with Crippen LogP contribution >= 0.6 is 0 Å². The molecule has 1 aliphatic rings. The highest BCUT2D eigenvalue weighted by atomic mass is 32.2. The molecule has 4 nitrogen and oxygen atoms in total. The third-order valence-corrected chi connectivity index (χ3v) is 5.47. The second kappa shape index (κ2) is 5.02. The summed E-state index contributed by atoms with van der Waals surface area (Å²) in [6, 6.07) is 0.312. The molecule has 0 amide bonds. The molecule has 0 aromatic rings. The number of aliphatic hydroxyl groups excluding tert-OH is 1. The van der Waals surface area contributed by atoms with Gasteiger partial charge in [-0.2, -0.15) is 0 Å². The molecular formula is C11H23NO3S. The Kier molecular flexibility index (Phi) is 4.37. The van der Waals surface area contributed by atoms with Crippen LogP contribution in [0.2, 0.25) is 0 Å². The van der Waals surface area contributed by atoms with E-state index in [-0.39, 0.29) is 23.0 Å². The van der Waals surface area contributed by atoms with E-state index in [0.29, 0.717) is 19.0 Å². The third-order valence-electron chi connectivity index (χ3n) is 3.68. The highest BCUT2D eigenvalue weighted by Crippen LogP contribution is 2.40. The highest BCUT2D eigenvalue weighted by molar-refractivity contribution is 7.91. The molecular weight excluding hydrogens is 226 g/mol. The van der Waals surface area contributed by atoms with E-state index in [1.54, 1.807) is 6.92 Å². The predicted molar refractivity (Wildman–Crippen MR) is 65.1 cm³/mol. The van der Waals surface area contributed by atoms with Crippen molar-refractivity contribution in [2.24, 2.45) is 5.41 Å².